The van der Waals surface area contributed by atoms with Crippen LogP contribution in [0.5, 0.6) is 0 Å². The molecule has 0 aliphatic carbocycles. The van der Waals surface area contributed by atoms with Gasteiger partial charge in [0.05, 0.1) is 0 Å². The van der Waals surface area contributed by atoms with Crippen molar-refractivity contribution in [1.82, 2.24) is 0 Å². The van der Waals surface area contributed by atoms with Gasteiger partial charge < -0.3 is 0 Å². The van der Waals surface area contributed by atoms with Crippen molar-refractivity contribution in [2.75, 3.05) is 5.33 Å². The highest BCUT2D eigenvalue weighted by atomic mass is 79.9. The average Bonchev–Trinajstić information content (AvgIpc) is 2.71. The Balaban J connectivity index is 0. The van der Waals surface area contributed by atoms with Crippen LogP contribution in [0.1, 0.15) is 156 Å². The average molecular weight is 448 g/mol. The fraction of sp³-hybridized carbons (Fsp3) is 1.00. The number of halogens is 1. The predicted molar refractivity (Wildman–Crippen MR) is 132 cm³/mol. The van der Waals surface area contributed by atoms with Gasteiger partial charge in [-0.25, -0.2) is 0 Å². The van der Waals surface area contributed by atoms with Crippen molar-refractivity contribution < 1.29 is 0 Å². The van der Waals surface area contributed by atoms with E-state index >= 15 is 0 Å². The van der Waals surface area contributed by atoms with Crippen LogP contribution in [0, 0.1) is 5.92 Å². The third kappa shape index (κ3) is 26.5. The summed E-state index contributed by atoms with van der Waals surface area (Å²) in [5, 5.41) is 1.22. The summed E-state index contributed by atoms with van der Waals surface area (Å²) in [7, 11) is 0. The molecule has 166 valence electrons. The van der Waals surface area contributed by atoms with Gasteiger partial charge in [0.25, 0.3) is 0 Å². The van der Waals surface area contributed by atoms with Gasteiger partial charge in [-0.05, 0) is 18.8 Å². The predicted octanol–water partition coefficient (Wildman–Crippen LogP) is 10.9. The van der Waals surface area contributed by atoms with Gasteiger partial charge in [0, 0.05) is 5.33 Å². The molecular weight excluding hydrogens is 392 g/mol. The van der Waals surface area contributed by atoms with Crippen molar-refractivity contribution in [3.63, 3.8) is 0 Å². The molecule has 0 spiro atoms. The zero-order chi connectivity index (χ0) is 20.4. The van der Waals surface area contributed by atoms with Gasteiger partial charge in [-0.1, -0.05) is 159 Å². The smallest absolute Gasteiger partial charge is 0.00596 e. The molecule has 0 radical (unpaired) electrons. The van der Waals surface area contributed by atoms with Gasteiger partial charge in [0.1, 0.15) is 0 Å². The standard InChI is InChI=1S/C24H49Br.C2H6/c1-3-5-7-9-11-13-14-16-18-20-22-24(23-25)21-19-17-15-12-10-8-6-4-2;1-2/h24H,3-23H2,1-2H3;1-2H3. The lowest BCUT2D eigenvalue weighted by atomic mass is 9.95. The van der Waals surface area contributed by atoms with Crippen molar-refractivity contribution in [1.29, 1.82) is 0 Å². The minimum atomic E-state index is 0.939. The van der Waals surface area contributed by atoms with E-state index in [1.165, 1.54) is 134 Å². The molecule has 0 saturated carbocycles. The second-order valence-corrected chi connectivity index (χ2v) is 8.90. The highest BCUT2D eigenvalue weighted by molar-refractivity contribution is 9.09. The Morgan fingerprint density at radius 1 is 0.444 bits per heavy atom. The first-order valence-corrected chi connectivity index (χ1v) is 14.0. The Bertz CT molecular complexity index is 226. The molecule has 0 heterocycles. The summed E-state index contributed by atoms with van der Waals surface area (Å²) in [4.78, 5) is 0. The number of rotatable bonds is 21. The van der Waals surface area contributed by atoms with E-state index in [0.717, 1.165) is 5.92 Å². The Labute approximate surface area is 183 Å². The minimum absolute atomic E-state index is 0.939. The van der Waals surface area contributed by atoms with Crippen LogP contribution in [0.15, 0.2) is 0 Å². The lowest BCUT2D eigenvalue weighted by Crippen LogP contribution is -2.02. The van der Waals surface area contributed by atoms with E-state index in [-0.39, 0.29) is 0 Å². The Morgan fingerprint density at radius 3 is 0.963 bits per heavy atom. The van der Waals surface area contributed by atoms with Crippen LogP contribution in [-0.4, -0.2) is 5.33 Å². The quantitative estimate of drug-likeness (QED) is 0.121. The maximum absolute atomic E-state index is 3.75. The molecule has 0 aromatic heterocycles. The SMILES string of the molecule is CC.CCCCCCCCCCCCC(CBr)CCCCCCCCCC. The van der Waals surface area contributed by atoms with Crippen LogP contribution < -0.4 is 0 Å². The first-order valence-electron chi connectivity index (χ1n) is 12.9. The third-order valence-corrected chi connectivity index (χ3v) is 6.57. The topological polar surface area (TPSA) is 0 Å². The van der Waals surface area contributed by atoms with Crippen LogP contribution in [0.2, 0.25) is 0 Å². The Hall–Kier alpha value is 0.480. The molecule has 0 rings (SSSR count). The normalized spacial score (nSPS) is 11.9. The zero-order valence-corrected chi connectivity index (χ0v) is 21.4. The molecule has 0 N–H and O–H groups in total. The molecule has 0 aromatic rings. The van der Waals surface area contributed by atoms with E-state index < -0.39 is 0 Å². The van der Waals surface area contributed by atoms with Gasteiger partial charge in [-0.2, -0.15) is 0 Å². The van der Waals surface area contributed by atoms with E-state index in [9.17, 15) is 0 Å². The summed E-state index contributed by atoms with van der Waals surface area (Å²) >= 11 is 3.75. The molecule has 0 saturated heterocycles. The largest absolute Gasteiger partial charge is 0.0925 e. The first-order chi connectivity index (χ1) is 13.3. The fourth-order valence-corrected chi connectivity index (χ4v) is 4.43. The van der Waals surface area contributed by atoms with E-state index in [1.54, 1.807) is 0 Å². The number of hydrogen-bond acceptors (Lipinski definition) is 0. The summed E-state index contributed by atoms with van der Waals surface area (Å²) in [5.74, 6) is 0.939. The minimum Gasteiger partial charge on any atom is -0.0925 e. The summed E-state index contributed by atoms with van der Waals surface area (Å²) in [6.45, 7) is 8.60. The molecular formula is C26H55Br. The highest BCUT2D eigenvalue weighted by Gasteiger charge is 2.06. The lowest BCUT2D eigenvalue weighted by molar-refractivity contribution is 0.437. The molecule has 27 heavy (non-hydrogen) atoms. The Morgan fingerprint density at radius 2 is 0.704 bits per heavy atom. The van der Waals surface area contributed by atoms with Gasteiger partial charge in [0.2, 0.25) is 0 Å². The van der Waals surface area contributed by atoms with Crippen molar-refractivity contribution >= 4 is 15.9 Å². The monoisotopic (exact) mass is 446 g/mol. The van der Waals surface area contributed by atoms with Crippen LogP contribution >= 0.6 is 15.9 Å². The molecule has 0 amide bonds. The molecule has 0 bridgehead atoms. The second kappa shape index (κ2) is 28.7. The number of hydrogen-bond donors (Lipinski definition) is 0. The highest BCUT2D eigenvalue weighted by Crippen LogP contribution is 2.21. The van der Waals surface area contributed by atoms with Crippen LogP contribution in [0.3, 0.4) is 0 Å². The van der Waals surface area contributed by atoms with Gasteiger partial charge in [-0.15, -0.1) is 0 Å². The summed E-state index contributed by atoms with van der Waals surface area (Å²) < 4.78 is 0. The lowest BCUT2D eigenvalue weighted by Gasteiger charge is -2.13. The van der Waals surface area contributed by atoms with Crippen molar-refractivity contribution in [2.24, 2.45) is 5.92 Å². The maximum atomic E-state index is 3.75. The molecule has 1 unspecified atom stereocenters. The molecule has 1 heteroatoms. The zero-order valence-electron chi connectivity index (χ0n) is 19.8. The molecule has 0 aromatic carbocycles. The Kier molecular flexibility index (Phi) is 31.5. The fourth-order valence-electron chi connectivity index (χ4n) is 3.79. The summed E-state index contributed by atoms with van der Waals surface area (Å²) in [6, 6.07) is 0. The van der Waals surface area contributed by atoms with E-state index in [0.29, 0.717) is 0 Å². The summed E-state index contributed by atoms with van der Waals surface area (Å²) in [6.07, 6.45) is 29.1. The molecule has 0 fully saturated rings. The first kappa shape index (κ1) is 29.7. The van der Waals surface area contributed by atoms with Gasteiger partial charge in [-0.3, -0.25) is 0 Å². The van der Waals surface area contributed by atoms with Gasteiger partial charge in [0.15, 0.2) is 0 Å². The number of unbranched alkanes of at least 4 members (excludes halogenated alkanes) is 16. The van der Waals surface area contributed by atoms with Crippen LogP contribution in [0.4, 0.5) is 0 Å². The third-order valence-electron chi connectivity index (χ3n) is 5.65. The van der Waals surface area contributed by atoms with E-state index in [2.05, 4.69) is 29.8 Å². The molecule has 0 aliphatic rings. The summed E-state index contributed by atoms with van der Waals surface area (Å²) in [5.41, 5.74) is 0. The van der Waals surface area contributed by atoms with Crippen molar-refractivity contribution in [3.05, 3.63) is 0 Å². The maximum Gasteiger partial charge on any atom is 0.00596 e. The van der Waals surface area contributed by atoms with Crippen LogP contribution in [0.25, 0.3) is 0 Å². The van der Waals surface area contributed by atoms with Crippen molar-refractivity contribution in [2.45, 2.75) is 156 Å². The molecule has 0 aliphatic heterocycles. The molecule has 1 atom stereocenters. The van der Waals surface area contributed by atoms with E-state index in [4.69, 9.17) is 0 Å². The van der Waals surface area contributed by atoms with Gasteiger partial charge >= 0.3 is 0 Å². The van der Waals surface area contributed by atoms with Crippen molar-refractivity contribution in [3.8, 4) is 0 Å². The number of alkyl halides is 1. The van der Waals surface area contributed by atoms with E-state index in [1.807, 2.05) is 13.8 Å². The molecule has 0 nitrogen and oxygen atoms in total. The second-order valence-electron chi connectivity index (χ2n) is 8.25. The van der Waals surface area contributed by atoms with Crippen LogP contribution in [-0.2, 0) is 0 Å².